The quantitative estimate of drug-likeness (QED) is 0.453. The number of rotatable bonds is 4. The number of pyridine rings is 1. The van der Waals surface area contributed by atoms with Crippen molar-refractivity contribution in [2.24, 2.45) is 0 Å². The third kappa shape index (κ3) is 3.11. The molecule has 28 heavy (non-hydrogen) atoms. The molecule has 2 aliphatic heterocycles. The number of aromatic nitrogens is 3. The second kappa shape index (κ2) is 7.41. The van der Waals surface area contributed by atoms with E-state index in [2.05, 4.69) is 4.98 Å². The number of benzene rings is 2. The zero-order valence-corrected chi connectivity index (χ0v) is 16.7. The van der Waals surface area contributed by atoms with Gasteiger partial charge in [-0.25, -0.2) is 4.79 Å². The molecule has 0 bridgehead atoms. The lowest BCUT2D eigenvalue weighted by atomic mass is 10.1. The van der Waals surface area contributed by atoms with Crippen molar-refractivity contribution in [1.29, 1.82) is 0 Å². The highest BCUT2D eigenvalue weighted by Gasteiger charge is 2.21. The van der Waals surface area contributed by atoms with E-state index in [1.807, 2.05) is 31.2 Å². The molecule has 0 unspecified atom stereocenters. The van der Waals surface area contributed by atoms with Crippen LogP contribution in [0.3, 0.4) is 0 Å². The van der Waals surface area contributed by atoms with Gasteiger partial charge in [-0.05, 0) is 48.9 Å². The van der Waals surface area contributed by atoms with E-state index in [1.165, 1.54) is 4.57 Å². The van der Waals surface area contributed by atoms with Crippen molar-refractivity contribution in [3.63, 3.8) is 0 Å². The van der Waals surface area contributed by atoms with E-state index < -0.39 is 5.69 Å². The maximum atomic E-state index is 13.1. The molecule has 0 atom stereocenters. The van der Waals surface area contributed by atoms with Crippen LogP contribution < -0.4 is 11.2 Å². The Balaban J connectivity index is 2.15. The SMILES string of the molecule is CCCCn1c(=O)nc2n(-c3ccc(Cl)cc3)c3cccc(Cl)c3cc-2c1=O. The first-order valence-electron chi connectivity index (χ1n) is 9.02. The van der Waals surface area contributed by atoms with Gasteiger partial charge in [-0.3, -0.25) is 13.9 Å². The number of hydrogen-bond acceptors (Lipinski definition) is 3. The molecule has 2 aromatic carbocycles. The van der Waals surface area contributed by atoms with Gasteiger partial charge in [0.25, 0.3) is 5.56 Å². The van der Waals surface area contributed by atoms with E-state index in [4.69, 9.17) is 23.2 Å². The first kappa shape index (κ1) is 18.7. The molecule has 0 saturated heterocycles. The average Bonchev–Trinajstić information content (AvgIpc) is 2.68. The summed E-state index contributed by atoms with van der Waals surface area (Å²) in [4.78, 5) is 29.9. The summed E-state index contributed by atoms with van der Waals surface area (Å²) in [5.41, 5.74) is 0.939. The average molecular weight is 414 g/mol. The monoisotopic (exact) mass is 413 g/mol. The van der Waals surface area contributed by atoms with Gasteiger partial charge in [0.05, 0.1) is 11.1 Å². The van der Waals surface area contributed by atoms with Crippen LogP contribution in [-0.2, 0) is 6.54 Å². The Morgan fingerprint density at radius 3 is 2.50 bits per heavy atom. The van der Waals surface area contributed by atoms with Gasteiger partial charge in [-0.15, -0.1) is 0 Å². The molecule has 0 aliphatic carbocycles. The summed E-state index contributed by atoms with van der Waals surface area (Å²) in [5, 5.41) is 1.82. The van der Waals surface area contributed by atoms with Crippen LogP contribution in [0.5, 0.6) is 0 Å². The Bertz CT molecular complexity index is 1260. The molecule has 7 heteroatoms. The molecule has 2 heterocycles. The Kier molecular flexibility index (Phi) is 4.96. The minimum Gasteiger partial charge on any atom is -0.294 e. The second-order valence-corrected chi connectivity index (χ2v) is 7.41. The molecule has 2 aromatic rings. The van der Waals surface area contributed by atoms with E-state index >= 15 is 0 Å². The zero-order valence-electron chi connectivity index (χ0n) is 15.2. The molecule has 5 nitrogen and oxygen atoms in total. The normalized spacial score (nSPS) is 11.4. The predicted molar refractivity (Wildman–Crippen MR) is 113 cm³/mol. The third-order valence-corrected chi connectivity index (χ3v) is 5.32. The summed E-state index contributed by atoms with van der Waals surface area (Å²) in [6.07, 6.45) is 1.60. The molecule has 0 spiro atoms. The number of fused-ring (bicyclic) bond motifs is 2. The van der Waals surface area contributed by atoms with Crippen LogP contribution in [0, 0.1) is 0 Å². The highest BCUT2D eigenvalue weighted by atomic mass is 35.5. The number of unbranched alkanes of at least 4 members (excludes halogenated alkanes) is 1. The molecule has 142 valence electrons. The van der Waals surface area contributed by atoms with E-state index in [1.54, 1.807) is 28.8 Å². The highest BCUT2D eigenvalue weighted by Crippen LogP contribution is 2.32. The van der Waals surface area contributed by atoms with Crippen LogP contribution in [0.15, 0.2) is 58.1 Å². The Hall–Kier alpha value is -2.63. The molecule has 0 amide bonds. The fraction of sp³-hybridized carbons (Fsp3) is 0.190. The summed E-state index contributed by atoms with van der Waals surface area (Å²) in [5.74, 6) is 0.305. The maximum Gasteiger partial charge on any atom is 0.352 e. The molecule has 0 saturated carbocycles. The van der Waals surface area contributed by atoms with Crippen LogP contribution in [0.4, 0.5) is 0 Å². The largest absolute Gasteiger partial charge is 0.352 e. The molecule has 4 rings (SSSR count). The fourth-order valence-electron chi connectivity index (χ4n) is 3.32. The van der Waals surface area contributed by atoms with Crippen molar-refractivity contribution in [2.75, 3.05) is 0 Å². The molecule has 2 aliphatic rings. The van der Waals surface area contributed by atoms with Crippen molar-refractivity contribution in [1.82, 2.24) is 14.1 Å². The van der Waals surface area contributed by atoms with Crippen LogP contribution in [0.1, 0.15) is 19.8 Å². The van der Waals surface area contributed by atoms with Gasteiger partial charge < -0.3 is 0 Å². The summed E-state index contributed by atoms with van der Waals surface area (Å²) < 4.78 is 2.97. The lowest BCUT2D eigenvalue weighted by Gasteiger charge is -2.19. The summed E-state index contributed by atoms with van der Waals surface area (Å²) in [6.45, 7) is 2.35. The Morgan fingerprint density at radius 2 is 1.79 bits per heavy atom. The van der Waals surface area contributed by atoms with Gasteiger partial charge in [0.1, 0.15) is 0 Å². The molecular weight excluding hydrogens is 397 g/mol. The van der Waals surface area contributed by atoms with Crippen LogP contribution in [-0.4, -0.2) is 14.1 Å². The molecule has 0 N–H and O–H groups in total. The van der Waals surface area contributed by atoms with Gasteiger partial charge in [-0.1, -0.05) is 42.6 Å². The van der Waals surface area contributed by atoms with Crippen molar-refractivity contribution in [2.45, 2.75) is 26.3 Å². The lowest BCUT2D eigenvalue weighted by molar-refractivity contribution is 0.582. The zero-order chi connectivity index (χ0) is 19.8. The van der Waals surface area contributed by atoms with Crippen molar-refractivity contribution < 1.29 is 0 Å². The minimum absolute atomic E-state index is 0.305. The molecular formula is C21H17Cl2N3O2. The van der Waals surface area contributed by atoms with Crippen LogP contribution in [0.25, 0.3) is 28.0 Å². The molecule has 0 radical (unpaired) electrons. The summed E-state index contributed by atoms with van der Waals surface area (Å²) in [6, 6.07) is 14.3. The van der Waals surface area contributed by atoms with Crippen molar-refractivity contribution in [3.05, 3.63) is 79.4 Å². The standard InChI is InChI=1S/C21H17Cl2N3O2/c1-2-3-11-25-20(27)16-12-15-17(23)5-4-6-18(15)26(19(16)24-21(25)28)14-9-7-13(22)8-10-14/h4-10,12H,2-3,11H2,1H3. The first-order valence-corrected chi connectivity index (χ1v) is 9.77. The van der Waals surface area contributed by atoms with E-state index in [0.29, 0.717) is 33.4 Å². The first-order chi connectivity index (χ1) is 13.5. The minimum atomic E-state index is -0.546. The van der Waals surface area contributed by atoms with Gasteiger partial charge in [0.2, 0.25) is 0 Å². The number of hydrogen-bond donors (Lipinski definition) is 0. The van der Waals surface area contributed by atoms with Crippen molar-refractivity contribution >= 4 is 34.1 Å². The summed E-state index contributed by atoms with van der Waals surface area (Å²) in [7, 11) is 0. The maximum absolute atomic E-state index is 13.1. The van der Waals surface area contributed by atoms with Gasteiger partial charge in [-0.2, -0.15) is 4.98 Å². The Morgan fingerprint density at radius 1 is 1.04 bits per heavy atom. The van der Waals surface area contributed by atoms with E-state index in [-0.39, 0.29) is 5.56 Å². The highest BCUT2D eigenvalue weighted by molar-refractivity contribution is 6.35. The van der Waals surface area contributed by atoms with Crippen LogP contribution in [0.2, 0.25) is 10.0 Å². The van der Waals surface area contributed by atoms with Gasteiger partial charge >= 0.3 is 5.69 Å². The van der Waals surface area contributed by atoms with Crippen LogP contribution >= 0.6 is 23.2 Å². The Labute approximate surface area is 171 Å². The second-order valence-electron chi connectivity index (χ2n) is 6.57. The molecule has 0 fully saturated rings. The van der Waals surface area contributed by atoms with Crippen molar-refractivity contribution in [3.8, 4) is 17.1 Å². The fourth-order valence-corrected chi connectivity index (χ4v) is 3.67. The van der Waals surface area contributed by atoms with E-state index in [0.717, 1.165) is 24.0 Å². The van der Waals surface area contributed by atoms with Gasteiger partial charge in [0, 0.05) is 27.7 Å². The topological polar surface area (TPSA) is 56.9 Å². The number of halogens is 2. The lowest BCUT2D eigenvalue weighted by Crippen LogP contribution is -2.38. The summed E-state index contributed by atoms with van der Waals surface area (Å²) >= 11 is 12.5. The van der Waals surface area contributed by atoms with Gasteiger partial charge in [0.15, 0.2) is 5.82 Å². The van der Waals surface area contributed by atoms with E-state index in [9.17, 15) is 9.59 Å². The number of nitrogens with zero attached hydrogens (tertiary/aromatic N) is 3. The smallest absolute Gasteiger partial charge is 0.294 e. The molecule has 0 aromatic heterocycles. The predicted octanol–water partition coefficient (Wildman–Crippen LogP) is 4.76. The third-order valence-electron chi connectivity index (χ3n) is 4.74.